The summed E-state index contributed by atoms with van der Waals surface area (Å²) in [6.07, 6.45) is 6.44. The molecule has 0 radical (unpaired) electrons. The smallest absolute Gasteiger partial charge is 0.290 e. The van der Waals surface area contributed by atoms with Gasteiger partial charge in [-0.15, -0.1) is 0 Å². The number of benzene rings is 1. The van der Waals surface area contributed by atoms with Crippen LogP contribution in [0.25, 0.3) is 11.4 Å². The number of carbonyl (C=O) groups excluding carboxylic acids is 1. The number of piperidine rings is 1. The summed E-state index contributed by atoms with van der Waals surface area (Å²) in [6.45, 7) is 1.67. The van der Waals surface area contributed by atoms with E-state index in [4.69, 9.17) is 41.4 Å². The predicted molar refractivity (Wildman–Crippen MR) is 126 cm³/mol. The molecule has 1 aliphatic heterocycles. The quantitative estimate of drug-likeness (QED) is 0.480. The number of primary amides is 1. The Morgan fingerprint density at radius 1 is 1.00 bits per heavy atom. The molecular formula is C23H34N6O5. The maximum atomic E-state index is 11.3. The number of carbonyl (C=O) groups is 3. The zero-order valence-corrected chi connectivity index (χ0v) is 19.4. The minimum atomic E-state index is -0.421. The molecule has 4 rings (SSSR count). The third-order valence-electron chi connectivity index (χ3n) is 6.26. The van der Waals surface area contributed by atoms with Crippen molar-refractivity contribution in [1.82, 2.24) is 19.7 Å². The van der Waals surface area contributed by atoms with Crippen molar-refractivity contribution in [2.75, 3.05) is 20.1 Å². The second-order valence-electron chi connectivity index (χ2n) is 8.54. The van der Waals surface area contributed by atoms with Gasteiger partial charge in [0.15, 0.2) is 5.82 Å². The van der Waals surface area contributed by atoms with E-state index in [0.29, 0.717) is 23.6 Å². The van der Waals surface area contributed by atoms with Crippen LogP contribution >= 0.6 is 0 Å². The molecule has 0 atom stereocenters. The van der Waals surface area contributed by atoms with E-state index in [-0.39, 0.29) is 12.9 Å². The number of hydrogen-bond acceptors (Lipinski definition) is 7. The van der Waals surface area contributed by atoms with Gasteiger partial charge >= 0.3 is 0 Å². The van der Waals surface area contributed by atoms with Crippen molar-refractivity contribution in [3.8, 4) is 11.4 Å². The van der Waals surface area contributed by atoms with Crippen molar-refractivity contribution in [3.63, 3.8) is 0 Å². The molecule has 1 aromatic carbocycles. The number of carboxylic acid groups (broad SMARTS) is 2. The minimum Gasteiger partial charge on any atom is -0.483 e. The highest BCUT2D eigenvalue weighted by atomic mass is 16.3. The van der Waals surface area contributed by atoms with Crippen molar-refractivity contribution >= 4 is 18.9 Å². The van der Waals surface area contributed by atoms with Gasteiger partial charge in [0.1, 0.15) is 5.82 Å². The SMILES string of the molecule is CN1CCC(n2nc(-c3ccc(C(N)=O)cc3)nc2C2CCC(N)CC2)CC1.O=CO.O=CO. The highest BCUT2D eigenvalue weighted by molar-refractivity contribution is 5.93. The van der Waals surface area contributed by atoms with Gasteiger partial charge in [-0.1, -0.05) is 12.1 Å². The third-order valence-corrected chi connectivity index (χ3v) is 6.26. The maximum Gasteiger partial charge on any atom is 0.290 e. The summed E-state index contributed by atoms with van der Waals surface area (Å²) < 4.78 is 2.20. The molecule has 0 unspecified atom stereocenters. The standard InChI is InChI=1S/C21H30N6O.2CH2O2/c1-26-12-10-18(11-13-26)27-21(16-6-8-17(22)9-7-16)24-20(25-27)15-4-2-14(3-5-15)19(23)28;2*2-1-3/h2-5,16-18H,6-13,22H2,1H3,(H2,23,28);2*1H,(H,2,3). The number of nitrogens with two attached hydrogens (primary N) is 2. The highest BCUT2D eigenvalue weighted by Gasteiger charge is 2.29. The van der Waals surface area contributed by atoms with E-state index in [1.165, 1.54) is 0 Å². The third kappa shape index (κ3) is 7.35. The largest absolute Gasteiger partial charge is 0.483 e. The molecule has 1 amide bonds. The van der Waals surface area contributed by atoms with Crippen molar-refractivity contribution in [3.05, 3.63) is 35.7 Å². The molecule has 2 fully saturated rings. The second-order valence-corrected chi connectivity index (χ2v) is 8.54. The van der Waals surface area contributed by atoms with Gasteiger partial charge in [0.05, 0.1) is 6.04 Å². The topological polar surface area (TPSA) is 178 Å². The second kappa shape index (κ2) is 13.4. The van der Waals surface area contributed by atoms with E-state index in [2.05, 4.69) is 16.6 Å². The average Bonchev–Trinajstić information content (AvgIpc) is 3.27. The number of aromatic nitrogens is 3. The number of hydrogen-bond donors (Lipinski definition) is 4. The molecule has 11 nitrogen and oxygen atoms in total. The van der Waals surface area contributed by atoms with Crippen LogP contribution in [0.4, 0.5) is 0 Å². The number of nitrogens with zero attached hydrogens (tertiary/aromatic N) is 4. The maximum absolute atomic E-state index is 11.3. The Hall–Kier alpha value is -3.31. The number of amides is 1. The van der Waals surface area contributed by atoms with Gasteiger partial charge in [0, 0.05) is 23.1 Å². The van der Waals surface area contributed by atoms with Crippen LogP contribution in [0, 0.1) is 0 Å². The van der Waals surface area contributed by atoms with Crippen LogP contribution in [0.5, 0.6) is 0 Å². The van der Waals surface area contributed by atoms with Crippen LogP contribution in [-0.2, 0) is 9.59 Å². The van der Waals surface area contributed by atoms with E-state index in [0.717, 1.165) is 68.8 Å². The van der Waals surface area contributed by atoms with E-state index in [1.54, 1.807) is 12.1 Å². The lowest BCUT2D eigenvalue weighted by molar-refractivity contribution is -0.123. The molecule has 186 valence electrons. The molecule has 0 spiro atoms. The minimum absolute atomic E-state index is 0.250. The molecule has 1 saturated carbocycles. The summed E-state index contributed by atoms with van der Waals surface area (Å²) in [5.41, 5.74) is 12.9. The monoisotopic (exact) mass is 474 g/mol. The van der Waals surface area contributed by atoms with Crippen LogP contribution < -0.4 is 11.5 Å². The molecule has 1 saturated heterocycles. The summed E-state index contributed by atoms with van der Waals surface area (Å²) >= 11 is 0. The predicted octanol–water partition coefficient (Wildman–Crippen LogP) is 1.70. The Kier molecular flexibility index (Phi) is 10.6. The molecule has 0 bridgehead atoms. The lowest BCUT2D eigenvalue weighted by atomic mass is 9.85. The first-order chi connectivity index (χ1) is 16.3. The fourth-order valence-electron chi connectivity index (χ4n) is 4.41. The summed E-state index contributed by atoms with van der Waals surface area (Å²) in [5, 5.41) is 18.7. The van der Waals surface area contributed by atoms with Gasteiger partial charge in [-0.05, 0) is 70.8 Å². The molecule has 2 heterocycles. The molecule has 1 aromatic heterocycles. The highest BCUT2D eigenvalue weighted by Crippen LogP contribution is 2.35. The van der Waals surface area contributed by atoms with Crippen LogP contribution in [0.3, 0.4) is 0 Å². The van der Waals surface area contributed by atoms with Crippen LogP contribution in [-0.4, -0.2) is 74.9 Å². The van der Waals surface area contributed by atoms with E-state index in [1.807, 2.05) is 12.1 Å². The van der Waals surface area contributed by atoms with Crippen LogP contribution in [0.15, 0.2) is 24.3 Å². The van der Waals surface area contributed by atoms with E-state index >= 15 is 0 Å². The fourth-order valence-corrected chi connectivity index (χ4v) is 4.41. The van der Waals surface area contributed by atoms with Gasteiger partial charge < -0.3 is 26.6 Å². The first-order valence-corrected chi connectivity index (χ1v) is 11.3. The molecule has 34 heavy (non-hydrogen) atoms. The summed E-state index contributed by atoms with van der Waals surface area (Å²) in [7, 11) is 2.17. The molecule has 6 N–H and O–H groups in total. The first-order valence-electron chi connectivity index (χ1n) is 11.3. The zero-order valence-electron chi connectivity index (χ0n) is 19.4. The average molecular weight is 475 g/mol. The van der Waals surface area contributed by atoms with Crippen molar-refractivity contribution in [2.24, 2.45) is 11.5 Å². The summed E-state index contributed by atoms with van der Waals surface area (Å²) in [4.78, 5) is 35.4. The molecular weight excluding hydrogens is 440 g/mol. The Morgan fingerprint density at radius 2 is 1.53 bits per heavy atom. The molecule has 1 aliphatic carbocycles. The lowest BCUT2D eigenvalue weighted by Gasteiger charge is -2.32. The molecule has 2 aliphatic rings. The number of rotatable bonds is 4. The van der Waals surface area contributed by atoms with Gasteiger partial charge in [-0.2, -0.15) is 5.10 Å². The van der Waals surface area contributed by atoms with Crippen molar-refractivity contribution in [2.45, 2.75) is 56.5 Å². The van der Waals surface area contributed by atoms with E-state index in [9.17, 15) is 4.79 Å². The van der Waals surface area contributed by atoms with Gasteiger partial charge in [0.2, 0.25) is 5.91 Å². The van der Waals surface area contributed by atoms with Crippen LogP contribution in [0.1, 0.15) is 66.7 Å². The summed E-state index contributed by atoms with van der Waals surface area (Å²) in [5.74, 6) is 1.84. The van der Waals surface area contributed by atoms with Crippen LogP contribution in [0.2, 0.25) is 0 Å². The fraction of sp³-hybridized carbons (Fsp3) is 0.522. The lowest BCUT2D eigenvalue weighted by Crippen LogP contribution is -2.33. The normalized spacial score (nSPS) is 20.8. The Balaban J connectivity index is 0.000000618. The molecule has 2 aromatic rings. The van der Waals surface area contributed by atoms with Crippen molar-refractivity contribution < 1.29 is 24.6 Å². The van der Waals surface area contributed by atoms with Gasteiger partial charge in [0.25, 0.3) is 12.9 Å². The van der Waals surface area contributed by atoms with Crippen molar-refractivity contribution in [1.29, 1.82) is 0 Å². The summed E-state index contributed by atoms with van der Waals surface area (Å²) in [6, 6.07) is 7.97. The van der Waals surface area contributed by atoms with E-state index < -0.39 is 5.91 Å². The molecule has 11 heteroatoms. The number of likely N-dealkylation sites (tertiary alicyclic amines) is 1. The Labute approximate surface area is 198 Å². The Morgan fingerprint density at radius 3 is 2.03 bits per heavy atom. The first kappa shape index (κ1) is 26.9. The van der Waals surface area contributed by atoms with Gasteiger partial charge in [-0.25, -0.2) is 9.67 Å². The zero-order chi connectivity index (χ0) is 25.1. The van der Waals surface area contributed by atoms with Gasteiger partial charge in [-0.3, -0.25) is 14.4 Å². The Bertz CT molecular complexity index is 871.